The average molecular weight is 426 g/mol. The third-order valence-corrected chi connectivity index (χ3v) is 7.05. The molecule has 2 fully saturated rings. The second-order valence-corrected chi connectivity index (χ2v) is 9.34. The normalized spacial score (nSPS) is 18.8. The first-order chi connectivity index (χ1) is 14.7. The molecule has 1 saturated heterocycles. The Kier molecular flexibility index (Phi) is 7.18. The van der Waals surface area contributed by atoms with Crippen LogP contribution in [0.3, 0.4) is 0 Å². The number of benzene rings is 1. The van der Waals surface area contributed by atoms with Gasteiger partial charge in [-0.1, -0.05) is 31.4 Å². The van der Waals surface area contributed by atoms with E-state index in [9.17, 15) is 9.59 Å². The van der Waals surface area contributed by atoms with Gasteiger partial charge in [-0.15, -0.1) is 0 Å². The molecule has 1 aromatic carbocycles. The predicted octanol–water partition coefficient (Wildman–Crippen LogP) is 4.77. The van der Waals surface area contributed by atoms with E-state index in [-0.39, 0.29) is 17.9 Å². The Bertz CT molecular complexity index is 838. The topological polar surface area (TPSA) is 61.4 Å². The molecule has 0 radical (unpaired) electrons. The minimum absolute atomic E-state index is 0.109. The molecule has 0 spiro atoms. The van der Waals surface area contributed by atoms with Gasteiger partial charge in [-0.05, 0) is 55.2 Å². The molecule has 2 heterocycles. The highest BCUT2D eigenvalue weighted by Gasteiger charge is 2.24. The first-order valence-corrected chi connectivity index (χ1v) is 12.1. The van der Waals surface area contributed by atoms with Crippen LogP contribution in [0.25, 0.3) is 0 Å². The number of hydrogen-bond donors (Lipinski definition) is 2. The van der Waals surface area contributed by atoms with E-state index in [1.165, 1.54) is 50.0 Å². The zero-order valence-corrected chi connectivity index (χ0v) is 18.3. The van der Waals surface area contributed by atoms with Crippen LogP contribution >= 0.6 is 11.3 Å². The molecule has 2 aromatic rings. The molecule has 1 aliphatic carbocycles. The van der Waals surface area contributed by atoms with Crippen LogP contribution in [0.5, 0.6) is 0 Å². The van der Waals surface area contributed by atoms with Crippen molar-refractivity contribution in [2.75, 3.05) is 25.0 Å². The van der Waals surface area contributed by atoms with Crippen LogP contribution in [0.1, 0.15) is 65.7 Å². The number of anilines is 1. The summed E-state index contributed by atoms with van der Waals surface area (Å²) in [5.41, 5.74) is 1.69. The summed E-state index contributed by atoms with van der Waals surface area (Å²) in [7, 11) is 0. The maximum atomic E-state index is 12.9. The highest BCUT2D eigenvalue weighted by molar-refractivity contribution is 7.08. The van der Waals surface area contributed by atoms with Gasteiger partial charge in [-0.3, -0.25) is 9.59 Å². The van der Waals surface area contributed by atoms with Crippen molar-refractivity contribution in [1.29, 1.82) is 0 Å². The third kappa shape index (κ3) is 5.49. The maximum absolute atomic E-state index is 12.9. The zero-order valence-electron chi connectivity index (χ0n) is 17.4. The molecule has 1 aromatic heterocycles. The van der Waals surface area contributed by atoms with Gasteiger partial charge in [0, 0.05) is 31.1 Å². The Morgan fingerprint density at radius 2 is 1.73 bits per heavy atom. The van der Waals surface area contributed by atoms with Crippen molar-refractivity contribution in [3.05, 3.63) is 52.2 Å². The number of rotatable bonds is 6. The highest BCUT2D eigenvalue weighted by Crippen LogP contribution is 2.25. The van der Waals surface area contributed by atoms with Crippen LogP contribution in [0, 0.1) is 5.92 Å². The van der Waals surface area contributed by atoms with Gasteiger partial charge in [0.25, 0.3) is 11.8 Å². The summed E-state index contributed by atoms with van der Waals surface area (Å²) in [6.45, 7) is 3.33. The van der Waals surface area contributed by atoms with E-state index in [1.54, 1.807) is 23.6 Å². The molecule has 0 atom stereocenters. The molecule has 0 unspecified atom stereocenters. The monoisotopic (exact) mass is 425 g/mol. The van der Waals surface area contributed by atoms with E-state index in [0.717, 1.165) is 31.8 Å². The van der Waals surface area contributed by atoms with Crippen LogP contribution in [-0.4, -0.2) is 42.4 Å². The summed E-state index contributed by atoms with van der Waals surface area (Å²) in [5, 5.41) is 9.75. The van der Waals surface area contributed by atoms with Gasteiger partial charge < -0.3 is 15.5 Å². The molecule has 6 heteroatoms. The smallest absolute Gasteiger partial charge is 0.256 e. The Morgan fingerprint density at radius 3 is 2.47 bits per heavy atom. The lowest BCUT2D eigenvalue weighted by Gasteiger charge is -2.35. The van der Waals surface area contributed by atoms with Gasteiger partial charge in [-0.2, -0.15) is 11.3 Å². The number of thiophene rings is 1. The van der Waals surface area contributed by atoms with E-state index >= 15 is 0 Å². The number of carbonyl (C=O) groups excluding carboxylic acids is 2. The summed E-state index contributed by atoms with van der Waals surface area (Å²) in [6.07, 6.45) is 8.91. The number of hydrogen-bond acceptors (Lipinski definition) is 4. The SMILES string of the molecule is O=C(Nc1ccccc1C(=O)NC1CCN(CC2CCCCC2)CC1)c1ccsc1. The first-order valence-electron chi connectivity index (χ1n) is 11.1. The van der Waals surface area contributed by atoms with Gasteiger partial charge in [0.1, 0.15) is 0 Å². The molecule has 4 rings (SSSR count). The average Bonchev–Trinajstić information content (AvgIpc) is 3.31. The van der Waals surface area contributed by atoms with Crippen LogP contribution in [0.4, 0.5) is 5.69 Å². The molecule has 160 valence electrons. The molecule has 2 amide bonds. The molecule has 2 N–H and O–H groups in total. The predicted molar refractivity (Wildman–Crippen MR) is 122 cm³/mol. The fourth-order valence-electron chi connectivity index (χ4n) is 4.64. The number of carbonyl (C=O) groups is 2. The number of nitrogens with zero attached hydrogens (tertiary/aromatic N) is 1. The molecular weight excluding hydrogens is 394 g/mol. The number of piperidine rings is 1. The van der Waals surface area contributed by atoms with Crippen molar-refractivity contribution in [2.45, 2.75) is 51.0 Å². The van der Waals surface area contributed by atoms with Gasteiger partial charge in [0.2, 0.25) is 0 Å². The number of nitrogens with one attached hydrogen (secondary N) is 2. The summed E-state index contributed by atoms with van der Waals surface area (Å²) in [5.74, 6) is 0.568. The van der Waals surface area contributed by atoms with Gasteiger partial charge in [0.05, 0.1) is 16.8 Å². The molecule has 5 nitrogen and oxygen atoms in total. The minimum atomic E-state index is -0.187. The minimum Gasteiger partial charge on any atom is -0.349 e. The lowest BCUT2D eigenvalue weighted by Crippen LogP contribution is -2.46. The van der Waals surface area contributed by atoms with Crippen LogP contribution in [0.15, 0.2) is 41.1 Å². The number of amides is 2. The molecule has 0 bridgehead atoms. The largest absolute Gasteiger partial charge is 0.349 e. The Morgan fingerprint density at radius 1 is 0.967 bits per heavy atom. The Hall–Kier alpha value is -2.18. The summed E-state index contributed by atoms with van der Waals surface area (Å²) in [4.78, 5) is 27.9. The third-order valence-electron chi connectivity index (χ3n) is 6.37. The standard InChI is InChI=1S/C24H31N3O2S/c28-23(19-12-15-30-17-19)26-22-9-5-4-8-21(22)24(29)25-20-10-13-27(14-11-20)16-18-6-2-1-3-7-18/h4-5,8-9,12,15,17-18,20H,1-3,6-7,10-11,13-14,16H2,(H,25,29)(H,26,28). The fourth-order valence-corrected chi connectivity index (χ4v) is 5.27. The quantitative estimate of drug-likeness (QED) is 0.700. The summed E-state index contributed by atoms with van der Waals surface area (Å²) < 4.78 is 0. The molecule has 1 saturated carbocycles. The van der Waals surface area contributed by atoms with Gasteiger partial charge in [0.15, 0.2) is 0 Å². The van der Waals surface area contributed by atoms with E-state index in [4.69, 9.17) is 0 Å². The lowest BCUT2D eigenvalue weighted by molar-refractivity contribution is 0.0902. The van der Waals surface area contributed by atoms with E-state index in [2.05, 4.69) is 15.5 Å². The van der Waals surface area contributed by atoms with E-state index < -0.39 is 0 Å². The lowest BCUT2D eigenvalue weighted by atomic mass is 9.88. The number of likely N-dealkylation sites (tertiary alicyclic amines) is 1. The highest BCUT2D eigenvalue weighted by atomic mass is 32.1. The van der Waals surface area contributed by atoms with Crippen LogP contribution < -0.4 is 10.6 Å². The summed E-state index contributed by atoms with van der Waals surface area (Å²) >= 11 is 1.48. The van der Waals surface area contributed by atoms with Gasteiger partial charge in [-0.25, -0.2) is 0 Å². The second kappa shape index (κ2) is 10.2. The molecule has 2 aliphatic rings. The van der Waals surface area contributed by atoms with Crippen molar-refractivity contribution >= 4 is 28.8 Å². The van der Waals surface area contributed by atoms with Crippen molar-refractivity contribution in [1.82, 2.24) is 10.2 Å². The van der Waals surface area contributed by atoms with Crippen LogP contribution in [0.2, 0.25) is 0 Å². The van der Waals surface area contributed by atoms with Crippen LogP contribution in [-0.2, 0) is 0 Å². The van der Waals surface area contributed by atoms with E-state index in [0.29, 0.717) is 16.8 Å². The Labute approximate surface area is 182 Å². The molecule has 30 heavy (non-hydrogen) atoms. The zero-order chi connectivity index (χ0) is 20.8. The Balaban J connectivity index is 1.30. The maximum Gasteiger partial charge on any atom is 0.256 e. The second-order valence-electron chi connectivity index (χ2n) is 8.56. The van der Waals surface area contributed by atoms with Gasteiger partial charge >= 0.3 is 0 Å². The molecule has 1 aliphatic heterocycles. The van der Waals surface area contributed by atoms with E-state index in [1.807, 2.05) is 17.5 Å². The van der Waals surface area contributed by atoms with Crippen molar-refractivity contribution < 1.29 is 9.59 Å². The molecular formula is C24H31N3O2S. The first kappa shape index (κ1) is 21.1. The van der Waals surface area contributed by atoms with Crippen molar-refractivity contribution in [2.24, 2.45) is 5.92 Å². The number of para-hydroxylation sites is 1. The van der Waals surface area contributed by atoms with Crippen molar-refractivity contribution in [3.8, 4) is 0 Å². The fraction of sp³-hybridized carbons (Fsp3) is 0.500. The summed E-state index contributed by atoms with van der Waals surface area (Å²) in [6, 6.07) is 9.21. The van der Waals surface area contributed by atoms with Crippen molar-refractivity contribution in [3.63, 3.8) is 0 Å².